The maximum atomic E-state index is 4.27. The Bertz CT molecular complexity index is 364. The van der Waals surface area contributed by atoms with Crippen LogP contribution in [0.25, 0.3) is 0 Å². The number of nitrogens with one attached hydrogen (secondary N) is 1. The molecule has 1 aromatic heterocycles. The molecule has 1 aromatic rings. The lowest BCUT2D eigenvalue weighted by molar-refractivity contribution is 0.294. The summed E-state index contributed by atoms with van der Waals surface area (Å²) < 4.78 is 4.07. The van der Waals surface area contributed by atoms with Gasteiger partial charge in [0.25, 0.3) is 0 Å². The summed E-state index contributed by atoms with van der Waals surface area (Å²) in [7, 11) is 0. The number of hydrogen-bond donors (Lipinski definition) is 1. The molecule has 4 nitrogen and oxygen atoms in total. The van der Waals surface area contributed by atoms with Gasteiger partial charge in [-0.25, -0.2) is 0 Å². The van der Waals surface area contributed by atoms with Gasteiger partial charge in [-0.15, -0.1) is 5.10 Å². The Hall–Kier alpha value is -0.680. The first-order chi connectivity index (χ1) is 8.70. The van der Waals surface area contributed by atoms with E-state index >= 15 is 0 Å². The zero-order chi connectivity index (χ0) is 13.0. The molecule has 0 amide bonds. The minimum absolute atomic E-state index is 0.793. The van der Waals surface area contributed by atoms with Crippen molar-refractivity contribution in [3.05, 3.63) is 5.69 Å². The van der Waals surface area contributed by atoms with E-state index in [0.29, 0.717) is 0 Å². The van der Waals surface area contributed by atoms with Crippen LogP contribution in [0.15, 0.2) is 0 Å². The number of anilines is 1. The summed E-state index contributed by atoms with van der Waals surface area (Å²) in [6.07, 6.45) is 2.46. The number of rotatable bonds is 6. The van der Waals surface area contributed by atoms with Gasteiger partial charge in [0.2, 0.25) is 0 Å². The first-order valence-corrected chi connectivity index (χ1v) is 7.75. The third-order valence-electron chi connectivity index (χ3n) is 3.72. The molecule has 102 valence electrons. The van der Waals surface area contributed by atoms with E-state index in [9.17, 15) is 0 Å². The van der Waals surface area contributed by atoms with Gasteiger partial charge in [-0.3, -0.25) is 4.90 Å². The fourth-order valence-corrected chi connectivity index (χ4v) is 3.05. The molecule has 0 radical (unpaired) electrons. The van der Waals surface area contributed by atoms with Crippen LogP contribution in [0.2, 0.25) is 0 Å². The van der Waals surface area contributed by atoms with Crippen LogP contribution in [0.3, 0.4) is 0 Å². The van der Waals surface area contributed by atoms with E-state index in [-0.39, 0.29) is 0 Å². The van der Waals surface area contributed by atoms with Gasteiger partial charge in [0.1, 0.15) is 10.7 Å². The fraction of sp³-hybridized carbons (Fsp3) is 0.846. The molecule has 0 aromatic carbocycles. The third kappa shape index (κ3) is 3.42. The van der Waals surface area contributed by atoms with Gasteiger partial charge in [0.05, 0.1) is 0 Å². The van der Waals surface area contributed by atoms with Crippen LogP contribution >= 0.6 is 11.5 Å². The number of likely N-dealkylation sites (tertiary alicyclic amines) is 1. The van der Waals surface area contributed by atoms with Gasteiger partial charge in [-0.1, -0.05) is 25.3 Å². The molecule has 2 heterocycles. The molecule has 1 unspecified atom stereocenters. The Morgan fingerprint density at radius 2 is 2.33 bits per heavy atom. The number of aromatic nitrogens is 2. The predicted octanol–water partition coefficient (Wildman–Crippen LogP) is 2.84. The zero-order valence-corrected chi connectivity index (χ0v) is 12.5. The molecule has 1 atom stereocenters. The number of hydrogen-bond acceptors (Lipinski definition) is 5. The van der Waals surface area contributed by atoms with Gasteiger partial charge in [0.15, 0.2) is 0 Å². The van der Waals surface area contributed by atoms with E-state index in [0.717, 1.165) is 42.0 Å². The molecule has 0 spiro atoms. The minimum atomic E-state index is 0.793. The van der Waals surface area contributed by atoms with Crippen molar-refractivity contribution in [1.29, 1.82) is 0 Å². The maximum Gasteiger partial charge on any atom is 0.134 e. The first-order valence-electron chi connectivity index (χ1n) is 6.98. The summed E-state index contributed by atoms with van der Waals surface area (Å²) in [5.74, 6) is 1.64. The molecule has 1 N–H and O–H groups in total. The molecule has 1 aliphatic heterocycles. The van der Waals surface area contributed by atoms with E-state index in [4.69, 9.17) is 0 Å². The molecule has 0 saturated carbocycles. The molecular formula is C13H24N4S. The Balaban J connectivity index is 1.88. The average molecular weight is 268 g/mol. The first kappa shape index (κ1) is 13.7. The average Bonchev–Trinajstić information content (AvgIpc) is 2.96. The Labute approximate surface area is 114 Å². The summed E-state index contributed by atoms with van der Waals surface area (Å²) in [6.45, 7) is 11.2. The van der Waals surface area contributed by atoms with Crippen molar-refractivity contribution < 1.29 is 0 Å². The van der Waals surface area contributed by atoms with Crippen LogP contribution in [0.4, 0.5) is 5.00 Å². The van der Waals surface area contributed by atoms with Crippen molar-refractivity contribution in [2.24, 2.45) is 11.8 Å². The van der Waals surface area contributed by atoms with E-state index in [1.165, 1.54) is 31.0 Å². The highest BCUT2D eigenvalue weighted by atomic mass is 32.1. The van der Waals surface area contributed by atoms with Crippen LogP contribution in [-0.4, -0.2) is 34.1 Å². The lowest BCUT2D eigenvalue weighted by atomic mass is 9.95. The Morgan fingerprint density at radius 3 is 3.00 bits per heavy atom. The third-order valence-corrected chi connectivity index (χ3v) is 4.44. The topological polar surface area (TPSA) is 41.1 Å². The summed E-state index contributed by atoms with van der Waals surface area (Å²) in [4.78, 5) is 2.51. The van der Waals surface area contributed by atoms with E-state index in [2.05, 4.69) is 40.6 Å². The lowest BCUT2D eigenvalue weighted by Gasteiger charge is -2.17. The van der Waals surface area contributed by atoms with Crippen molar-refractivity contribution in [2.45, 2.75) is 40.2 Å². The molecule has 1 aliphatic rings. The summed E-state index contributed by atoms with van der Waals surface area (Å²) in [6, 6.07) is 0. The molecule has 5 heteroatoms. The quantitative estimate of drug-likeness (QED) is 0.861. The van der Waals surface area contributed by atoms with E-state index in [1.54, 1.807) is 0 Å². The smallest absolute Gasteiger partial charge is 0.134 e. The van der Waals surface area contributed by atoms with Gasteiger partial charge < -0.3 is 5.32 Å². The van der Waals surface area contributed by atoms with Crippen LogP contribution in [-0.2, 0) is 6.54 Å². The maximum absolute atomic E-state index is 4.27. The van der Waals surface area contributed by atoms with Crippen molar-refractivity contribution in [3.63, 3.8) is 0 Å². The van der Waals surface area contributed by atoms with Crippen LogP contribution in [0, 0.1) is 11.8 Å². The van der Waals surface area contributed by atoms with Crippen LogP contribution in [0.1, 0.15) is 39.3 Å². The molecule has 0 bridgehead atoms. The normalized spacial score (nSPS) is 20.8. The summed E-state index contributed by atoms with van der Waals surface area (Å²) in [5.41, 5.74) is 1.12. The van der Waals surface area contributed by atoms with Gasteiger partial charge in [-0.2, -0.15) is 0 Å². The second-order valence-electron chi connectivity index (χ2n) is 5.50. The summed E-state index contributed by atoms with van der Waals surface area (Å²) >= 11 is 1.48. The highest BCUT2D eigenvalue weighted by Gasteiger charge is 2.25. The highest BCUT2D eigenvalue weighted by Crippen LogP contribution is 2.26. The Kier molecular flexibility index (Phi) is 4.95. The standard InChI is InChI=1S/C13H24N4S/c1-4-6-14-13-12(15-16-18-13)9-17-7-5-11(8-17)10(2)3/h10-11,14H,4-9H2,1-3H3. The Morgan fingerprint density at radius 1 is 1.50 bits per heavy atom. The van der Waals surface area contributed by atoms with Gasteiger partial charge in [-0.05, 0) is 31.2 Å². The SMILES string of the molecule is CCCNc1snnc1CN1CCC(C(C)C)C1. The zero-order valence-electron chi connectivity index (χ0n) is 11.6. The minimum Gasteiger partial charge on any atom is -0.374 e. The van der Waals surface area contributed by atoms with Gasteiger partial charge >= 0.3 is 0 Å². The molecular weight excluding hydrogens is 244 g/mol. The second-order valence-corrected chi connectivity index (χ2v) is 6.26. The molecule has 1 fully saturated rings. The lowest BCUT2D eigenvalue weighted by Crippen LogP contribution is -2.22. The van der Waals surface area contributed by atoms with Crippen LogP contribution < -0.4 is 5.32 Å². The van der Waals surface area contributed by atoms with Crippen LogP contribution in [0.5, 0.6) is 0 Å². The fourth-order valence-electron chi connectivity index (χ4n) is 2.45. The summed E-state index contributed by atoms with van der Waals surface area (Å²) in [5, 5.41) is 8.84. The van der Waals surface area contributed by atoms with Gasteiger partial charge in [0, 0.05) is 31.2 Å². The van der Waals surface area contributed by atoms with Crippen molar-refractivity contribution in [1.82, 2.24) is 14.5 Å². The van der Waals surface area contributed by atoms with Crippen molar-refractivity contribution in [2.75, 3.05) is 25.0 Å². The van der Waals surface area contributed by atoms with Crippen molar-refractivity contribution in [3.8, 4) is 0 Å². The predicted molar refractivity (Wildman–Crippen MR) is 76.9 cm³/mol. The van der Waals surface area contributed by atoms with E-state index in [1.807, 2.05) is 0 Å². The molecule has 18 heavy (non-hydrogen) atoms. The van der Waals surface area contributed by atoms with Crippen molar-refractivity contribution >= 4 is 16.5 Å². The molecule has 0 aliphatic carbocycles. The number of nitrogens with zero attached hydrogens (tertiary/aromatic N) is 3. The molecule has 2 rings (SSSR count). The highest BCUT2D eigenvalue weighted by molar-refractivity contribution is 7.10. The second kappa shape index (κ2) is 6.48. The largest absolute Gasteiger partial charge is 0.374 e. The monoisotopic (exact) mass is 268 g/mol. The molecule has 1 saturated heterocycles. The van der Waals surface area contributed by atoms with E-state index < -0.39 is 0 Å².